The van der Waals surface area contributed by atoms with Crippen molar-refractivity contribution in [2.75, 3.05) is 92.5 Å². The highest BCUT2D eigenvalue weighted by atomic mass is 16.7. The van der Waals surface area contributed by atoms with Gasteiger partial charge in [-0.15, -0.1) is 0 Å². The summed E-state index contributed by atoms with van der Waals surface area (Å²) in [4.78, 5) is 0. The van der Waals surface area contributed by atoms with Gasteiger partial charge in [-0.2, -0.15) is 0 Å². The molecule has 6 N–H and O–H groups in total. The summed E-state index contributed by atoms with van der Waals surface area (Å²) in [5.74, 6) is 2.76. The van der Waals surface area contributed by atoms with Gasteiger partial charge in [0.25, 0.3) is 0 Å². The van der Waals surface area contributed by atoms with Gasteiger partial charge in [0.15, 0.2) is 12.6 Å². The van der Waals surface area contributed by atoms with Crippen LogP contribution in [0.25, 0.3) is 0 Å². The van der Waals surface area contributed by atoms with Crippen LogP contribution in [0.4, 0.5) is 0 Å². The van der Waals surface area contributed by atoms with Crippen LogP contribution in [0, 0.1) is 23.7 Å². The molecule has 2 heterocycles. The lowest BCUT2D eigenvalue weighted by atomic mass is 9.94. The molecule has 2 fully saturated rings. The second kappa shape index (κ2) is 39.2. The van der Waals surface area contributed by atoms with Crippen molar-refractivity contribution in [2.45, 2.75) is 194 Å². The molecular weight excluding hydrogens is 833 g/mol. The zero-order valence-corrected chi connectivity index (χ0v) is 41.2. The summed E-state index contributed by atoms with van der Waals surface area (Å²) in [7, 11) is 0. The number of unbranched alkanes of at least 4 members (excludes halogenated alkanes) is 2. The van der Waals surface area contributed by atoms with Crippen molar-refractivity contribution >= 4 is 0 Å². The van der Waals surface area contributed by atoms with Crippen LogP contribution in [0.15, 0.2) is 0 Å². The van der Waals surface area contributed by atoms with Crippen molar-refractivity contribution in [1.29, 1.82) is 0 Å². The largest absolute Gasteiger partial charge is 0.388 e. The summed E-state index contributed by atoms with van der Waals surface area (Å²) < 4.78 is 55.2. The van der Waals surface area contributed by atoms with Crippen molar-refractivity contribution in [2.24, 2.45) is 23.7 Å². The van der Waals surface area contributed by atoms with E-state index >= 15 is 0 Å². The normalized spacial score (nSPS) is 28.0. The quantitative estimate of drug-likeness (QED) is 0.0449. The summed E-state index contributed by atoms with van der Waals surface area (Å²) in [6, 6.07) is 0. The highest BCUT2D eigenvalue weighted by Gasteiger charge is 2.44. The van der Waals surface area contributed by atoms with Crippen molar-refractivity contribution in [3.63, 3.8) is 0 Å². The maximum atomic E-state index is 9.95. The third kappa shape index (κ3) is 28.0. The van der Waals surface area contributed by atoms with Crippen LogP contribution in [-0.2, 0) is 47.4 Å². The zero-order chi connectivity index (χ0) is 47.5. The summed E-state index contributed by atoms with van der Waals surface area (Å²) >= 11 is 0. The van der Waals surface area contributed by atoms with Gasteiger partial charge < -0.3 is 78.0 Å². The van der Waals surface area contributed by atoms with Crippen LogP contribution in [0.2, 0.25) is 0 Å². The lowest BCUT2D eigenvalue weighted by molar-refractivity contribution is -0.298. The minimum atomic E-state index is -1.29. The van der Waals surface area contributed by atoms with Crippen molar-refractivity contribution < 1.29 is 78.0 Å². The summed E-state index contributed by atoms with van der Waals surface area (Å²) in [5, 5.41) is 59.3. The first kappa shape index (κ1) is 61.4. The van der Waals surface area contributed by atoms with E-state index in [1.165, 1.54) is 64.2 Å². The first-order valence-electron chi connectivity index (χ1n) is 24.9. The van der Waals surface area contributed by atoms with E-state index in [0.717, 1.165) is 25.0 Å². The first-order chi connectivity index (χ1) is 30.8. The van der Waals surface area contributed by atoms with Crippen molar-refractivity contribution in [1.82, 2.24) is 0 Å². The van der Waals surface area contributed by atoms with Crippen LogP contribution in [0.1, 0.15) is 132 Å². The van der Waals surface area contributed by atoms with E-state index in [-0.39, 0.29) is 13.2 Å². The fourth-order valence-corrected chi connectivity index (χ4v) is 7.38. The fraction of sp³-hybridized carbons (Fsp3) is 1.00. The third-order valence-corrected chi connectivity index (χ3v) is 11.9. The number of aliphatic hydroxyl groups excluding tert-OH is 6. The Morgan fingerprint density at radius 1 is 0.359 bits per heavy atom. The Morgan fingerprint density at radius 2 is 0.656 bits per heavy atom. The van der Waals surface area contributed by atoms with Gasteiger partial charge in [-0.1, -0.05) is 107 Å². The van der Waals surface area contributed by atoms with Crippen LogP contribution in [0.5, 0.6) is 0 Å². The monoisotopic (exact) mass is 929 g/mol. The predicted molar refractivity (Wildman–Crippen MR) is 245 cm³/mol. The molecule has 2 rings (SSSR count). The van der Waals surface area contributed by atoms with Crippen LogP contribution in [-0.4, -0.2) is 185 Å². The van der Waals surface area contributed by atoms with E-state index in [0.29, 0.717) is 90.7 Å². The van der Waals surface area contributed by atoms with Gasteiger partial charge in [0.2, 0.25) is 0 Å². The number of rotatable bonds is 38. The second-order valence-electron chi connectivity index (χ2n) is 18.0. The maximum Gasteiger partial charge on any atom is 0.186 e. The van der Waals surface area contributed by atoms with E-state index in [4.69, 9.17) is 47.4 Å². The topological polar surface area (TPSA) is 214 Å². The Balaban J connectivity index is 0.000000640. The van der Waals surface area contributed by atoms with Gasteiger partial charge in [0, 0.05) is 13.2 Å². The summed E-state index contributed by atoms with van der Waals surface area (Å²) in [6.45, 7) is 24.0. The van der Waals surface area contributed by atoms with Gasteiger partial charge in [-0.3, -0.25) is 0 Å². The number of hydrogen-bond donors (Lipinski definition) is 6. The Morgan fingerprint density at radius 3 is 0.969 bits per heavy atom. The van der Waals surface area contributed by atoms with Gasteiger partial charge in [-0.05, 0) is 49.4 Å². The van der Waals surface area contributed by atoms with E-state index < -0.39 is 61.4 Å². The molecule has 0 bridgehead atoms. The van der Waals surface area contributed by atoms with Crippen LogP contribution >= 0.6 is 0 Å². The molecule has 0 amide bonds. The number of aliphatic hydroxyl groups is 6. The summed E-state index contributed by atoms with van der Waals surface area (Å²) in [6.07, 6.45) is 3.40. The Labute approximate surface area is 387 Å². The molecule has 2 saturated heterocycles. The van der Waals surface area contributed by atoms with Gasteiger partial charge in [-0.25, -0.2) is 0 Å². The molecule has 14 unspecified atom stereocenters. The first-order valence-corrected chi connectivity index (χ1v) is 24.9. The number of hydrogen-bond acceptors (Lipinski definition) is 16. The average molecular weight is 929 g/mol. The molecule has 64 heavy (non-hydrogen) atoms. The van der Waals surface area contributed by atoms with Gasteiger partial charge in [0.1, 0.15) is 36.6 Å². The average Bonchev–Trinajstić information content (AvgIpc) is 3.29. The summed E-state index contributed by atoms with van der Waals surface area (Å²) in [5.41, 5.74) is 0. The molecule has 2 aliphatic rings. The second-order valence-corrected chi connectivity index (χ2v) is 18.0. The van der Waals surface area contributed by atoms with Crippen LogP contribution in [0.3, 0.4) is 0 Å². The van der Waals surface area contributed by atoms with Gasteiger partial charge in [0.05, 0.1) is 91.5 Å². The van der Waals surface area contributed by atoms with E-state index in [1.807, 2.05) is 13.8 Å². The fourth-order valence-electron chi connectivity index (χ4n) is 7.38. The molecule has 0 aromatic carbocycles. The minimum Gasteiger partial charge on any atom is -0.388 e. The van der Waals surface area contributed by atoms with Crippen LogP contribution < -0.4 is 0 Å². The predicted octanol–water partition coefficient (Wildman–Crippen LogP) is 5.03. The van der Waals surface area contributed by atoms with E-state index in [2.05, 4.69) is 41.5 Å². The molecule has 384 valence electrons. The lowest BCUT2D eigenvalue weighted by Crippen LogP contribution is -2.58. The molecular formula is C48H96O16. The zero-order valence-electron chi connectivity index (χ0n) is 41.2. The molecule has 16 nitrogen and oxygen atoms in total. The molecule has 0 spiro atoms. The molecule has 0 radical (unpaired) electrons. The molecule has 16 heteroatoms. The third-order valence-electron chi connectivity index (χ3n) is 11.9. The SMILES string of the molecule is CCCCC(C)CCC(C)COCCOCCOCCOC1OC(CC)C(O)C(O)C1O.CCCCC(C)CCC(C)COCCOCCOCCOC1OC(CC)C(O)C(O)C1O. The Hall–Kier alpha value is -0.640. The van der Waals surface area contributed by atoms with Gasteiger partial charge >= 0.3 is 0 Å². The highest BCUT2D eigenvalue weighted by molar-refractivity contribution is 4.89. The smallest absolute Gasteiger partial charge is 0.186 e. The molecule has 2 aliphatic heterocycles. The van der Waals surface area contributed by atoms with E-state index in [9.17, 15) is 30.6 Å². The van der Waals surface area contributed by atoms with Crippen molar-refractivity contribution in [3.05, 3.63) is 0 Å². The van der Waals surface area contributed by atoms with Crippen molar-refractivity contribution in [3.8, 4) is 0 Å². The Bertz CT molecular complexity index is 950. The molecule has 0 aromatic rings. The molecule has 0 aliphatic carbocycles. The molecule has 0 saturated carbocycles. The molecule has 0 aromatic heterocycles. The standard InChI is InChI=1S/2C24H48O8/c2*1-5-7-8-18(3)9-10-19(4)17-30-14-13-28-11-12-29-15-16-31-24-23(27)22(26)21(25)20(6-2)32-24/h2*18-27H,5-17H2,1-4H3. The van der Waals surface area contributed by atoms with E-state index in [1.54, 1.807) is 0 Å². The lowest BCUT2D eigenvalue weighted by Gasteiger charge is -2.40. The maximum absolute atomic E-state index is 9.95. The Kier molecular flexibility index (Phi) is 37.6. The molecule has 14 atom stereocenters. The highest BCUT2D eigenvalue weighted by Crippen LogP contribution is 2.25. The minimum absolute atomic E-state index is 0.207. The number of ether oxygens (including phenoxy) is 10.